The average molecular weight is 370 g/mol. The molecule has 3 nitrogen and oxygen atoms in total. The van der Waals surface area contributed by atoms with Crippen molar-refractivity contribution in [3.63, 3.8) is 0 Å². The van der Waals surface area contributed by atoms with Crippen LogP contribution in [0.5, 0.6) is 5.75 Å². The van der Waals surface area contributed by atoms with Crippen molar-refractivity contribution in [2.75, 3.05) is 0 Å². The van der Waals surface area contributed by atoms with Gasteiger partial charge >= 0.3 is 0 Å². The molecule has 0 unspecified atom stereocenters. The Morgan fingerprint density at radius 3 is 2.60 bits per heavy atom. The van der Waals surface area contributed by atoms with Crippen molar-refractivity contribution in [1.29, 1.82) is 0 Å². The summed E-state index contributed by atoms with van der Waals surface area (Å²) in [6.07, 6.45) is 4.06. The maximum absolute atomic E-state index is 11.7. The van der Waals surface area contributed by atoms with Gasteiger partial charge in [0.05, 0.1) is 4.91 Å². The number of benzene rings is 2. The summed E-state index contributed by atoms with van der Waals surface area (Å²) in [7, 11) is 0. The molecule has 1 aliphatic heterocycles. The molecule has 1 N–H and O–H groups in total. The molecule has 0 radical (unpaired) electrons. The summed E-state index contributed by atoms with van der Waals surface area (Å²) >= 11 is 6.27. The van der Waals surface area contributed by atoms with E-state index in [1.165, 1.54) is 22.9 Å². The van der Waals surface area contributed by atoms with Crippen LogP contribution in [0.25, 0.3) is 6.08 Å². The molecule has 0 aromatic heterocycles. The fourth-order valence-electron chi connectivity index (χ4n) is 2.56. The molecule has 2 aromatic rings. The molecule has 25 heavy (non-hydrogen) atoms. The first kappa shape index (κ1) is 17.7. The number of carbonyl (C=O) groups is 1. The number of aryl methyl sites for hydroxylation is 1. The second-order valence-electron chi connectivity index (χ2n) is 5.78. The highest BCUT2D eigenvalue weighted by Crippen LogP contribution is 2.26. The zero-order chi connectivity index (χ0) is 17.6. The minimum absolute atomic E-state index is 0.137. The van der Waals surface area contributed by atoms with Gasteiger partial charge in [-0.1, -0.05) is 73.7 Å². The third kappa shape index (κ3) is 4.94. The van der Waals surface area contributed by atoms with Gasteiger partial charge in [0.1, 0.15) is 16.7 Å². The van der Waals surface area contributed by atoms with Gasteiger partial charge in [-0.2, -0.15) is 0 Å². The quantitative estimate of drug-likeness (QED) is 0.591. The van der Waals surface area contributed by atoms with E-state index in [1.54, 1.807) is 0 Å². The van der Waals surface area contributed by atoms with Crippen LogP contribution >= 0.6 is 24.0 Å². The standard InChI is InChI=1S/C20H19NO2S2/c1-2-4-14-5-3-6-16(11-14)13-23-17-9-7-15(8-10-17)12-18-19(22)21-20(24)25-18/h3,5-12H,2,4,13H2,1H3,(H,21,22,24). The highest BCUT2D eigenvalue weighted by atomic mass is 32.2. The Labute approximate surface area is 157 Å². The van der Waals surface area contributed by atoms with E-state index in [0.29, 0.717) is 15.8 Å². The van der Waals surface area contributed by atoms with Gasteiger partial charge in [0, 0.05) is 0 Å². The van der Waals surface area contributed by atoms with E-state index in [2.05, 4.69) is 36.5 Å². The first-order valence-electron chi connectivity index (χ1n) is 8.19. The molecule has 3 rings (SSSR count). The fraction of sp³-hybridized carbons (Fsp3) is 0.200. The van der Waals surface area contributed by atoms with E-state index in [4.69, 9.17) is 17.0 Å². The molecule has 2 aromatic carbocycles. The lowest BCUT2D eigenvalue weighted by Crippen LogP contribution is -2.17. The Hall–Kier alpha value is -2.11. The molecule has 0 spiro atoms. The van der Waals surface area contributed by atoms with E-state index >= 15 is 0 Å². The van der Waals surface area contributed by atoms with Crippen LogP contribution in [0.15, 0.2) is 53.4 Å². The largest absolute Gasteiger partial charge is 0.489 e. The van der Waals surface area contributed by atoms with Crippen molar-refractivity contribution in [2.45, 2.75) is 26.4 Å². The van der Waals surface area contributed by atoms with E-state index in [9.17, 15) is 4.79 Å². The Bertz CT molecular complexity index is 813. The number of thiocarbonyl (C=S) groups is 1. The highest BCUT2D eigenvalue weighted by molar-refractivity contribution is 8.26. The topological polar surface area (TPSA) is 38.3 Å². The number of hydrogen-bond acceptors (Lipinski definition) is 4. The Morgan fingerprint density at radius 2 is 1.92 bits per heavy atom. The van der Waals surface area contributed by atoms with Crippen molar-refractivity contribution in [1.82, 2.24) is 5.32 Å². The lowest BCUT2D eigenvalue weighted by Gasteiger charge is -2.08. The van der Waals surface area contributed by atoms with Crippen molar-refractivity contribution in [3.05, 3.63) is 70.1 Å². The molecule has 1 fully saturated rings. The lowest BCUT2D eigenvalue weighted by molar-refractivity contribution is -0.115. The summed E-state index contributed by atoms with van der Waals surface area (Å²) < 4.78 is 6.36. The molecule has 0 atom stereocenters. The van der Waals surface area contributed by atoms with Gasteiger partial charge in [-0.15, -0.1) is 0 Å². The van der Waals surface area contributed by atoms with Gasteiger partial charge in [0.25, 0.3) is 5.91 Å². The molecule has 1 saturated heterocycles. The SMILES string of the molecule is CCCc1cccc(COc2ccc(C=C3SC(=S)NC3=O)cc2)c1. The van der Waals surface area contributed by atoms with Crippen molar-refractivity contribution in [2.24, 2.45) is 0 Å². The van der Waals surface area contributed by atoms with Gasteiger partial charge in [0.15, 0.2) is 0 Å². The summed E-state index contributed by atoms with van der Waals surface area (Å²) in [5.41, 5.74) is 3.46. The summed E-state index contributed by atoms with van der Waals surface area (Å²) in [6, 6.07) is 16.2. The highest BCUT2D eigenvalue weighted by Gasteiger charge is 2.21. The summed E-state index contributed by atoms with van der Waals surface area (Å²) in [5.74, 6) is 0.671. The molecule has 128 valence electrons. The van der Waals surface area contributed by atoms with Crippen LogP contribution in [-0.2, 0) is 17.8 Å². The van der Waals surface area contributed by atoms with E-state index < -0.39 is 0 Å². The Kier molecular flexibility index (Phi) is 5.89. The zero-order valence-electron chi connectivity index (χ0n) is 14.0. The second-order valence-corrected chi connectivity index (χ2v) is 7.50. The molecule has 0 saturated carbocycles. The second kappa shape index (κ2) is 8.32. The number of thioether (sulfide) groups is 1. The monoisotopic (exact) mass is 369 g/mol. The predicted molar refractivity (Wildman–Crippen MR) is 108 cm³/mol. The molecule has 1 aliphatic rings. The Morgan fingerprint density at radius 1 is 1.16 bits per heavy atom. The number of rotatable bonds is 6. The van der Waals surface area contributed by atoms with Crippen LogP contribution in [0.3, 0.4) is 0 Å². The average Bonchev–Trinajstić information content (AvgIpc) is 2.92. The third-order valence-corrected chi connectivity index (χ3v) is 4.92. The number of hydrogen-bond donors (Lipinski definition) is 1. The minimum atomic E-state index is -0.137. The van der Waals surface area contributed by atoms with Gasteiger partial charge in [-0.25, -0.2) is 0 Å². The van der Waals surface area contributed by atoms with Crippen LogP contribution in [0.1, 0.15) is 30.0 Å². The fourth-order valence-corrected chi connectivity index (χ4v) is 3.61. The first-order chi connectivity index (χ1) is 12.1. The van der Waals surface area contributed by atoms with E-state index in [0.717, 1.165) is 24.2 Å². The molecule has 0 aliphatic carbocycles. The summed E-state index contributed by atoms with van der Waals surface area (Å²) in [5, 5.41) is 2.61. The molecule has 0 bridgehead atoms. The van der Waals surface area contributed by atoms with Crippen LogP contribution in [0.4, 0.5) is 0 Å². The lowest BCUT2D eigenvalue weighted by atomic mass is 10.1. The van der Waals surface area contributed by atoms with Gasteiger partial charge < -0.3 is 10.1 Å². The number of carbonyl (C=O) groups excluding carboxylic acids is 1. The van der Waals surface area contributed by atoms with Crippen molar-refractivity contribution in [3.8, 4) is 5.75 Å². The van der Waals surface area contributed by atoms with E-state index in [1.807, 2.05) is 30.3 Å². The van der Waals surface area contributed by atoms with Crippen molar-refractivity contribution < 1.29 is 9.53 Å². The van der Waals surface area contributed by atoms with Crippen LogP contribution in [0, 0.1) is 0 Å². The molecule has 1 amide bonds. The number of nitrogens with one attached hydrogen (secondary N) is 1. The summed E-state index contributed by atoms with van der Waals surface area (Å²) in [4.78, 5) is 12.3. The third-order valence-electron chi connectivity index (χ3n) is 3.76. The van der Waals surface area contributed by atoms with Gasteiger partial charge in [-0.05, 0) is 41.3 Å². The van der Waals surface area contributed by atoms with E-state index in [-0.39, 0.29) is 5.91 Å². The normalized spacial score (nSPS) is 15.5. The zero-order valence-corrected chi connectivity index (χ0v) is 15.6. The molecule has 1 heterocycles. The van der Waals surface area contributed by atoms with Crippen LogP contribution < -0.4 is 10.1 Å². The Balaban J connectivity index is 1.61. The maximum Gasteiger partial charge on any atom is 0.263 e. The molecular formula is C20H19NO2S2. The van der Waals surface area contributed by atoms with Crippen LogP contribution in [-0.4, -0.2) is 10.2 Å². The van der Waals surface area contributed by atoms with Gasteiger partial charge in [-0.3, -0.25) is 4.79 Å². The molecular weight excluding hydrogens is 350 g/mol. The smallest absolute Gasteiger partial charge is 0.263 e. The summed E-state index contributed by atoms with van der Waals surface area (Å²) in [6.45, 7) is 2.73. The first-order valence-corrected chi connectivity index (χ1v) is 9.42. The minimum Gasteiger partial charge on any atom is -0.489 e. The number of ether oxygens (including phenoxy) is 1. The predicted octanol–water partition coefficient (Wildman–Crippen LogP) is 4.71. The van der Waals surface area contributed by atoms with Gasteiger partial charge in [0.2, 0.25) is 0 Å². The maximum atomic E-state index is 11.7. The van der Waals surface area contributed by atoms with Crippen molar-refractivity contribution >= 4 is 40.3 Å². The number of amides is 1. The molecule has 5 heteroatoms. The van der Waals surface area contributed by atoms with Crippen LogP contribution in [0.2, 0.25) is 0 Å².